The Labute approximate surface area is 95.1 Å². The molecule has 0 saturated heterocycles. The van der Waals surface area contributed by atoms with E-state index < -0.39 is 6.43 Å². The van der Waals surface area contributed by atoms with Crippen LogP contribution in [0.2, 0.25) is 0 Å². The Morgan fingerprint density at radius 1 is 1.31 bits per heavy atom. The van der Waals surface area contributed by atoms with Crippen molar-refractivity contribution in [3.05, 3.63) is 29.8 Å². The van der Waals surface area contributed by atoms with Gasteiger partial charge in [0, 0.05) is 18.8 Å². The number of hydrogen-bond donors (Lipinski definition) is 1. The molecule has 0 fully saturated rings. The van der Waals surface area contributed by atoms with Crippen LogP contribution in [-0.2, 0) is 6.42 Å². The minimum absolute atomic E-state index is 0.0288. The highest BCUT2D eigenvalue weighted by atomic mass is 19.3. The molecule has 0 spiro atoms. The van der Waals surface area contributed by atoms with Crippen molar-refractivity contribution < 1.29 is 8.78 Å². The Balaban J connectivity index is 2.85. The fourth-order valence-electron chi connectivity index (χ4n) is 1.71. The van der Waals surface area contributed by atoms with E-state index in [0.717, 1.165) is 11.3 Å². The summed E-state index contributed by atoms with van der Waals surface area (Å²) < 4.78 is 24.6. The Morgan fingerprint density at radius 3 is 2.50 bits per heavy atom. The van der Waals surface area contributed by atoms with Gasteiger partial charge in [-0.15, -0.1) is 0 Å². The average Bonchev–Trinajstić information content (AvgIpc) is 2.16. The van der Waals surface area contributed by atoms with Crippen LogP contribution in [0.25, 0.3) is 0 Å². The van der Waals surface area contributed by atoms with Crippen molar-refractivity contribution in [2.45, 2.75) is 25.8 Å². The van der Waals surface area contributed by atoms with Gasteiger partial charge in [0.2, 0.25) is 0 Å². The molecule has 2 nitrogen and oxygen atoms in total. The molecule has 0 saturated carbocycles. The lowest BCUT2D eigenvalue weighted by Crippen LogP contribution is -2.26. The van der Waals surface area contributed by atoms with Crippen LogP contribution in [0.1, 0.15) is 12.5 Å². The number of alkyl halides is 2. The van der Waals surface area contributed by atoms with Gasteiger partial charge in [0.25, 0.3) is 6.43 Å². The maximum atomic E-state index is 12.3. The summed E-state index contributed by atoms with van der Waals surface area (Å²) in [5.41, 5.74) is 7.58. The minimum Gasteiger partial charge on any atom is -0.369 e. The number of benzene rings is 1. The van der Waals surface area contributed by atoms with Crippen LogP contribution in [0.4, 0.5) is 14.5 Å². The highest BCUT2D eigenvalue weighted by Gasteiger charge is 2.12. The summed E-state index contributed by atoms with van der Waals surface area (Å²) >= 11 is 0. The summed E-state index contributed by atoms with van der Waals surface area (Å²) in [6.45, 7) is 1.65. The zero-order chi connectivity index (χ0) is 12.1. The van der Waals surface area contributed by atoms with E-state index in [2.05, 4.69) is 0 Å². The Kier molecular flexibility index (Phi) is 4.68. The second-order valence-corrected chi connectivity index (χ2v) is 4.08. The molecule has 0 radical (unpaired) electrons. The molecule has 0 bridgehead atoms. The van der Waals surface area contributed by atoms with Gasteiger partial charge in [0.05, 0.1) is 6.54 Å². The molecule has 2 N–H and O–H groups in total. The molecule has 0 aliphatic carbocycles. The van der Waals surface area contributed by atoms with Crippen molar-refractivity contribution >= 4 is 5.69 Å². The van der Waals surface area contributed by atoms with Crippen molar-refractivity contribution in [3.8, 4) is 0 Å². The Hall–Kier alpha value is -1.16. The molecule has 90 valence electrons. The van der Waals surface area contributed by atoms with Gasteiger partial charge in [-0.05, 0) is 25.0 Å². The third kappa shape index (κ3) is 3.77. The zero-order valence-electron chi connectivity index (χ0n) is 9.66. The Morgan fingerprint density at radius 2 is 1.94 bits per heavy atom. The first-order chi connectivity index (χ1) is 7.50. The normalized spacial score (nSPS) is 12.9. The number of halogens is 2. The van der Waals surface area contributed by atoms with Gasteiger partial charge >= 0.3 is 0 Å². The molecule has 4 heteroatoms. The van der Waals surface area contributed by atoms with Gasteiger partial charge in [-0.3, -0.25) is 0 Å². The summed E-state index contributed by atoms with van der Waals surface area (Å²) in [5.74, 6) is 0. The third-order valence-electron chi connectivity index (χ3n) is 2.36. The lowest BCUT2D eigenvalue weighted by Gasteiger charge is -2.22. The number of nitrogens with two attached hydrogens (primary N) is 1. The zero-order valence-corrected chi connectivity index (χ0v) is 9.66. The molecule has 1 aromatic rings. The predicted molar refractivity (Wildman–Crippen MR) is 63.1 cm³/mol. The van der Waals surface area contributed by atoms with Crippen LogP contribution < -0.4 is 10.6 Å². The molecule has 16 heavy (non-hydrogen) atoms. The number of rotatable bonds is 5. The van der Waals surface area contributed by atoms with Crippen molar-refractivity contribution in [3.63, 3.8) is 0 Å². The standard InChI is InChI=1S/C12H18F2N2/c1-9(15)7-10-5-3-4-6-11(10)16(2)8-12(13)14/h3-6,9,12H,7-8,15H2,1-2H3. The molecule has 1 aromatic carbocycles. The number of anilines is 1. The Bertz CT molecular complexity index is 327. The van der Waals surface area contributed by atoms with E-state index in [1.165, 1.54) is 0 Å². The van der Waals surface area contributed by atoms with Gasteiger partial charge in [-0.2, -0.15) is 0 Å². The fourth-order valence-corrected chi connectivity index (χ4v) is 1.71. The molecular formula is C12H18F2N2. The van der Waals surface area contributed by atoms with Crippen molar-refractivity contribution in [2.75, 3.05) is 18.5 Å². The second-order valence-electron chi connectivity index (χ2n) is 4.08. The lowest BCUT2D eigenvalue weighted by atomic mass is 10.0. The summed E-state index contributed by atoms with van der Waals surface area (Å²) in [6.07, 6.45) is -1.63. The molecule has 0 aromatic heterocycles. The van der Waals surface area contributed by atoms with E-state index in [1.54, 1.807) is 11.9 Å². The summed E-state index contributed by atoms with van der Waals surface area (Å²) in [4.78, 5) is 1.57. The van der Waals surface area contributed by atoms with Crippen molar-refractivity contribution in [1.82, 2.24) is 0 Å². The van der Waals surface area contributed by atoms with Crippen LogP contribution in [-0.4, -0.2) is 26.1 Å². The van der Waals surface area contributed by atoms with E-state index in [0.29, 0.717) is 6.42 Å². The third-order valence-corrected chi connectivity index (χ3v) is 2.36. The fraction of sp³-hybridized carbons (Fsp3) is 0.500. The summed E-state index contributed by atoms with van der Waals surface area (Å²) in [7, 11) is 1.67. The van der Waals surface area contributed by atoms with Crippen LogP contribution in [0.5, 0.6) is 0 Å². The van der Waals surface area contributed by atoms with Gasteiger partial charge in [0.1, 0.15) is 0 Å². The molecule has 0 amide bonds. The lowest BCUT2D eigenvalue weighted by molar-refractivity contribution is 0.156. The SMILES string of the molecule is CC(N)Cc1ccccc1N(C)CC(F)F. The first-order valence-electron chi connectivity index (χ1n) is 5.33. The van der Waals surface area contributed by atoms with Crippen LogP contribution in [0.15, 0.2) is 24.3 Å². The first kappa shape index (κ1) is 12.9. The first-order valence-corrected chi connectivity index (χ1v) is 5.33. The minimum atomic E-state index is -2.33. The number of para-hydroxylation sites is 1. The van der Waals surface area contributed by atoms with E-state index in [4.69, 9.17) is 5.73 Å². The highest BCUT2D eigenvalue weighted by molar-refractivity contribution is 5.53. The molecule has 1 atom stereocenters. The van der Waals surface area contributed by atoms with E-state index in [9.17, 15) is 8.78 Å². The van der Waals surface area contributed by atoms with Crippen LogP contribution >= 0.6 is 0 Å². The molecular weight excluding hydrogens is 210 g/mol. The van der Waals surface area contributed by atoms with Gasteiger partial charge in [0.15, 0.2) is 0 Å². The quantitative estimate of drug-likeness (QED) is 0.837. The maximum absolute atomic E-state index is 12.3. The summed E-state index contributed by atoms with van der Waals surface area (Å²) in [5, 5.41) is 0. The summed E-state index contributed by atoms with van der Waals surface area (Å²) in [6, 6.07) is 7.56. The molecule has 0 aliphatic rings. The van der Waals surface area contributed by atoms with Gasteiger partial charge in [-0.25, -0.2) is 8.78 Å². The van der Waals surface area contributed by atoms with Crippen molar-refractivity contribution in [1.29, 1.82) is 0 Å². The monoisotopic (exact) mass is 228 g/mol. The molecule has 0 heterocycles. The van der Waals surface area contributed by atoms with E-state index >= 15 is 0 Å². The van der Waals surface area contributed by atoms with Gasteiger partial charge in [-0.1, -0.05) is 18.2 Å². The molecule has 1 unspecified atom stereocenters. The van der Waals surface area contributed by atoms with Crippen LogP contribution in [0.3, 0.4) is 0 Å². The highest BCUT2D eigenvalue weighted by Crippen LogP contribution is 2.21. The van der Waals surface area contributed by atoms with Crippen LogP contribution in [0, 0.1) is 0 Å². The average molecular weight is 228 g/mol. The second kappa shape index (κ2) is 5.80. The van der Waals surface area contributed by atoms with Crippen molar-refractivity contribution in [2.24, 2.45) is 5.73 Å². The maximum Gasteiger partial charge on any atom is 0.255 e. The van der Waals surface area contributed by atoms with E-state index in [-0.39, 0.29) is 12.6 Å². The smallest absolute Gasteiger partial charge is 0.255 e. The molecule has 0 aliphatic heterocycles. The topological polar surface area (TPSA) is 29.3 Å². The van der Waals surface area contributed by atoms with E-state index in [1.807, 2.05) is 31.2 Å². The largest absolute Gasteiger partial charge is 0.369 e. The predicted octanol–water partition coefficient (Wildman–Crippen LogP) is 2.28. The number of hydrogen-bond acceptors (Lipinski definition) is 2. The molecule has 1 rings (SSSR count). The van der Waals surface area contributed by atoms with Gasteiger partial charge < -0.3 is 10.6 Å². The number of nitrogens with zero attached hydrogens (tertiary/aromatic N) is 1.